The van der Waals surface area contributed by atoms with E-state index in [0.717, 1.165) is 17.3 Å². The molecule has 2 heterocycles. The summed E-state index contributed by atoms with van der Waals surface area (Å²) in [6, 6.07) is 7.52. The predicted molar refractivity (Wildman–Crippen MR) is 187 cm³/mol. The van der Waals surface area contributed by atoms with Gasteiger partial charge in [0, 0.05) is 30.1 Å². The molecule has 0 spiro atoms. The Balaban J connectivity index is 0.000000703. The van der Waals surface area contributed by atoms with Crippen LogP contribution >= 0.6 is 15.9 Å². The van der Waals surface area contributed by atoms with Crippen molar-refractivity contribution in [3.63, 3.8) is 0 Å². The fourth-order valence-corrected chi connectivity index (χ4v) is 6.46. The van der Waals surface area contributed by atoms with Crippen molar-refractivity contribution < 1.29 is 54.8 Å². The maximum absolute atomic E-state index is 12.4. The first-order valence-electron chi connectivity index (χ1n) is 15.3. The molecular weight excluding hydrogens is 719 g/mol. The van der Waals surface area contributed by atoms with E-state index in [1.54, 1.807) is 78.5 Å². The molecular formula is C32H50BrLiN4O8S2. The number of hydrogen-bond donors (Lipinski definition) is 2. The predicted octanol–water partition coefficient (Wildman–Crippen LogP) is 3.62. The van der Waals surface area contributed by atoms with E-state index in [4.69, 9.17) is 9.47 Å². The van der Waals surface area contributed by atoms with Gasteiger partial charge in [-0.3, -0.25) is 9.97 Å². The van der Waals surface area contributed by atoms with Gasteiger partial charge in [-0.25, -0.2) is 35.9 Å². The summed E-state index contributed by atoms with van der Waals surface area (Å²) in [5.74, 6) is 0. The summed E-state index contributed by atoms with van der Waals surface area (Å²) < 4.78 is 60.2. The van der Waals surface area contributed by atoms with Crippen molar-refractivity contribution in [2.75, 3.05) is 0 Å². The molecule has 2 aromatic rings. The Morgan fingerprint density at radius 3 is 1.56 bits per heavy atom. The van der Waals surface area contributed by atoms with Gasteiger partial charge in [-0.05, 0) is 109 Å². The molecule has 0 saturated heterocycles. The van der Waals surface area contributed by atoms with Crippen LogP contribution in [0.4, 0.5) is 9.59 Å². The number of unbranched alkanes of at least 4 members (excludes halogenated alkanes) is 1. The third-order valence-corrected chi connectivity index (χ3v) is 10.7. The van der Waals surface area contributed by atoms with Gasteiger partial charge in [-0.15, -0.1) is 0 Å². The van der Waals surface area contributed by atoms with E-state index in [-0.39, 0.29) is 18.9 Å². The van der Waals surface area contributed by atoms with E-state index >= 15 is 0 Å². The molecule has 2 N–H and O–H groups in total. The van der Waals surface area contributed by atoms with Gasteiger partial charge in [0.15, 0.2) is 0 Å². The monoisotopic (exact) mass is 768 g/mol. The summed E-state index contributed by atoms with van der Waals surface area (Å²) in [5.41, 5.74) is 0.738. The van der Waals surface area contributed by atoms with Crippen LogP contribution in [0.5, 0.6) is 0 Å². The van der Waals surface area contributed by atoms with E-state index < -0.39 is 53.4 Å². The number of ether oxygens (including phenoxy) is 2. The first-order valence-corrected chi connectivity index (χ1v) is 19.5. The Hall–Kier alpha value is -2.18. The van der Waals surface area contributed by atoms with Crippen LogP contribution in [0.15, 0.2) is 49.1 Å². The molecule has 2 aromatic heterocycles. The molecule has 2 fully saturated rings. The summed E-state index contributed by atoms with van der Waals surface area (Å²) >= 11 is 3.33. The van der Waals surface area contributed by atoms with Crippen LogP contribution in [0.2, 0.25) is 0 Å². The fourth-order valence-electron chi connectivity index (χ4n) is 3.42. The van der Waals surface area contributed by atoms with Crippen molar-refractivity contribution >= 4 is 48.2 Å². The van der Waals surface area contributed by atoms with Gasteiger partial charge in [-0.1, -0.05) is 29.3 Å². The second-order valence-electron chi connectivity index (χ2n) is 13.0. The molecule has 16 heteroatoms. The van der Waals surface area contributed by atoms with Gasteiger partial charge in [0.1, 0.15) is 11.2 Å². The number of sulfonamides is 2. The number of pyridine rings is 2. The zero-order valence-electron chi connectivity index (χ0n) is 29.4. The number of halogens is 1. The van der Waals surface area contributed by atoms with Crippen LogP contribution < -0.4 is 28.3 Å². The van der Waals surface area contributed by atoms with Crippen molar-refractivity contribution in [2.24, 2.45) is 0 Å². The maximum atomic E-state index is 12.4. The molecule has 0 aromatic carbocycles. The second-order valence-corrected chi connectivity index (χ2v) is 17.6. The van der Waals surface area contributed by atoms with Crippen molar-refractivity contribution in [3.8, 4) is 0 Å². The molecule has 12 nitrogen and oxygen atoms in total. The minimum atomic E-state index is -3.76. The number of carbonyl (C=O) groups excluding carboxylic acids is 2. The molecule has 0 aliphatic heterocycles. The van der Waals surface area contributed by atoms with Gasteiger partial charge in [0.25, 0.3) is 0 Å². The summed E-state index contributed by atoms with van der Waals surface area (Å²) in [6.07, 6.45) is 9.96. The summed E-state index contributed by atoms with van der Waals surface area (Å²) in [7, 11) is -7.25. The molecule has 0 atom stereocenters. The van der Waals surface area contributed by atoms with Gasteiger partial charge in [0.05, 0.1) is 10.00 Å². The van der Waals surface area contributed by atoms with Gasteiger partial charge in [0.2, 0.25) is 20.0 Å². The quantitative estimate of drug-likeness (QED) is 0.230. The average Bonchev–Trinajstić information content (AvgIpc) is 3.87. The average molecular weight is 770 g/mol. The first kappa shape index (κ1) is 45.8. The fraction of sp³-hybridized carbons (Fsp3) is 0.594. The number of alkyl halides is 1. The molecule has 0 unspecified atom stereocenters. The van der Waals surface area contributed by atoms with Crippen LogP contribution in [0.3, 0.4) is 0 Å². The van der Waals surface area contributed by atoms with Crippen molar-refractivity contribution in [2.45, 2.75) is 120 Å². The van der Waals surface area contributed by atoms with Crippen LogP contribution in [-0.4, -0.2) is 60.2 Å². The summed E-state index contributed by atoms with van der Waals surface area (Å²) in [5, 5.41) is 0.505. The molecule has 2 saturated carbocycles. The zero-order chi connectivity index (χ0) is 35.9. The molecule has 2 aliphatic carbocycles. The van der Waals surface area contributed by atoms with E-state index in [0.29, 0.717) is 32.1 Å². The van der Waals surface area contributed by atoms with Crippen LogP contribution in [0, 0.1) is 6.92 Å². The Labute approximate surface area is 307 Å². The largest absolute Gasteiger partial charge is 1.00 e. The van der Waals surface area contributed by atoms with Crippen molar-refractivity contribution in [1.82, 2.24) is 19.4 Å². The SMILES string of the molecule is BrCc1ccncc1.CC(C)(C)OC(=O)NS(=O)(=O)C1(Cc2ccncc2)CC1.CC(C)(C)OC(=O)NS(=O)(=O)C1CC1.[CH2-]CCC.[Li+]. The van der Waals surface area contributed by atoms with Crippen LogP contribution in [-0.2, 0) is 41.3 Å². The number of nitrogens with one attached hydrogen (secondary N) is 2. The summed E-state index contributed by atoms with van der Waals surface area (Å²) in [6.45, 7) is 15.8. The molecule has 266 valence electrons. The zero-order valence-corrected chi connectivity index (χ0v) is 32.6. The minimum Gasteiger partial charge on any atom is -0.443 e. The van der Waals surface area contributed by atoms with Gasteiger partial charge < -0.3 is 16.4 Å². The Morgan fingerprint density at radius 1 is 0.854 bits per heavy atom. The Morgan fingerprint density at radius 2 is 1.25 bits per heavy atom. The number of aromatic nitrogens is 2. The third-order valence-electron chi connectivity index (χ3n) is 6.11. The molecule has 4 rings (SSSR count). The third kappa shape index (κ3) is 19.1. The summed E-state index contributed by atoms with van der Waals surface area (Å²) in [4.78, 5) is 30.6. The van der Waals surface area contributed by atoms with E-state index in [1.165, 1.54) is 12.0 Å². The number of hydrogen-bond acceptors (Lipinski definition) is 10. The van der Waals surface area contributed by atoms with Crippen molar-refractivity contribution in [1.29, 1.82) is 0 Å². The Bertz CT molecular complexity index is 1460. The van der Waals surface area contributed by atoms with Gasteiger partial charge in [-0.2, -0.15) is 6.42 Å². The molecule has 0 bridgehead atoms. The minimum absolute atomic E-state index is 0. The molecule has 2 aliphatic rings. The van der Waals surface area contributed by atoms with Crippen LogP contribution in [0.1, 0.15) is 98.1 Å². The Kier molecular flexibility index (Phi) is 19.5. The van der Waals surface area contributed by atoms with E-state index in [1.807, 2.05) is 21.6 Å². The second kappa shape index (κ2) is 20.5. The molecule has 48 heavy (non-hydrogen) atoms. The smallest absolute Gasteiger partial charge is 0.443 e. The molecule has 2 amide bonds. The van der Waals surface area contributed by atoms with Crippen LogP contribution in [0.25, 0.3) is 0 Å². The normalized spacial score (nSPS) is 14.8. The number of amides is 2. The number of carbonyl (C=O) groups is 2. The standard InChI is InChI=1S/C14H20N2O4S.C8H15NO4S.C6H6BrN.C4H9.Li/c1-13(2,3)20-12(17)16-21(18,19)14(6-7-14)10-11-4-8-15-9-5-11;1-8(2,3)13-7(10)9-14(11,12)6-4-5-6;7-5-6-1-3-8-4-2-6;1-3-4-2;/h4-5,8-9H,6-7,10H2,1-3H3,(H,16,17);6H,4-5H2,1-3H3,(H,9,10);1-4H,5H2;1,3-4H2,2H3;/q;;;-1;+1. The van der Waals surface area contributed by atoms with Crippen molar-refractivity contribution in [3.05, 3.63) is 67.1 Å². The first-order chi connectivity index (χ1) is 21.7. The van der Waals surface area contributed by atoms with E-state index in [9.17, 15) is 26.4 Å². The molecule has 0 radical (unpaired) electrons. The van der Waals surface area contributed by atoms with E-state index in [2.05, 4.69) is 39.7 Å². The topological polar surface area (TPSA) is 171 Å². The number of rotatable bonds is 8. The number of nitrogens with zero attached hydrogens (tertiary/aromatic N) is 2. The maximum Gasteiger partial charge on any atom is 1.00 e. The van der Waals surface area contributed by atoms with Gasteiger partial charge >= 0.3 is 31.0 Å².